The van der Waals surface area contributed by atoms with Crippen LogP contribution in [0.5, 0.6) is 0 Å². The van der Waals surface area contributed by atoms with Gasteiger partial charge in [-0.1, -0.05) is 12.1 Å². The molecule has 1 aliphatic rings. The van der Waals surface area contributed by atoms with Crippen molar-refractivity contribution in [3.63, 3.8) is 0 Å². The number of carbonyl (C=O) groups is 1. The lowest BCUT2D eigenvalue weighted by Gasteiger charge is -2.11. The largest absolute Gasteiger partial charge is 0.355 e. The van der Waals surface area contributed by atoms with E-state index in [0.29, 0.717) is 5.39 Å². The highest BCUT2D eigenvalue weighted by Gasteiger charge is 2.23. The normalized spacial score (nSPS) is 17.1. The molecule has 4 nitrogen and oxygen atoms in total. The molecule has 92 valence electrons. The van der Waals surface area contributed by atoms with Crippen LogP contribution in [-0.4, -0.2) is 17.5 Å². The lowest BCUT2D eigenvalue weighted by molar-refractivity contribution is 0.0961. The fraction of sp³-hybridized carbons (Fsp3) is 0.286. The molecular formula is C14H14N2O2. The molecule has 2 heterocycles. The SMILES string of the molecule is CNC(=O)c1cn2c3c(cccc3c1=O)C[C@H]2C. The monoisotopic (exact) mass is 242 g/mol. The van der Waals surface area contributed by atoms with Crippen molar-refractivity contribution in [2.45, 2.75) is 19.4 Å². The van der Waals surface area contributed by atoms with Crippen molar-refractivity contribution in [3.05, 3.63) is 45.7 Å². The summed E-state index contributed by atoms with van der Waals surface area (Å²) in [5, 5.41) is 3.15. The molecule has 4 heteroatoms. The first-order valence-corrected chi connectivity index (χ1v) is 6.02. The van der Waals surface area contributed by atoms with Crippen molar-refractivity contribution >= 4 is 16.8 Å². The van der Waals surface area contributed by atoms with Crippen LogP contribution in [0.1, 0.15) is 28.9 Å². The van der Waals surface area contributed by atoms with Crippen LogP contribution in [0.25, 0.3) is 10.9 Å². The van der Waals surface area contributed by atoms with E-state index in [4.69, 9.17) is 0 Å². The molecule has 1 atom stereocenters. The van der Waals surface area contributed by atoms with Gasteiger partial charge >= 0.3 is 0 Å². The molecule has 2 aromatic rings. The summed E-state index contributed by atoms with van der Waals surface area (Å²) in [6, 6.07) is 6.01. The second-order valence-electron chi connectivity index (χ2n) is 4.72. The maximum absolute atomic E-state index is 12.3. The summed E-state index contributed by atoms with van der Waals surface area (Å²) in [6.07, 6.45) is 2.60. The van der Waals surface area contributed by atoms with Gasteiger partial charge in [0.2, 0.25) is 5.43 Å². The Morgan fingerprint density at radius 2 is 2.22 bits per heavy atom. The van der Waals surface area contributed by atoms with Gasteiger partial charge in [-0.15, -0.1) is 0 Å². The van der Waals surface area contributed by atoms with Crippen molar-refractivity contribution in [3.8, 4) is 0 Å². The number of rotatable bonds is 1. The van der Waals surface area contributed by atoms with Gasteiger partial charge in [-0.05, 0) is 25.0 Å². The highest BCUT2D eigenvalue weighted by atomic mass is 16.2. The zero-order valence-corrected chi connectivity index (χ0v) is 10.4. The smallest absolute Gasteiger partial charge is 0.256 e. The van der Waals surface area contributed by atoms with Crippen LogP contribution >= 0.6 is 0 Å². The molecule has 0 saturated heterocycles. The molecule has 0 unspecified atom stereocenters. The van der Waals surface area contributed by atoms with Gasteiger partial charge in [0.1, 0.15) is 5.56 Å². The van der Waals surface area contributed by atoms with Crippen LogP contribution in [0.4, 0.5) is 0 Å². The molecular weight excluding hydrogens is 228 g/mol. The Morgan fingerprint density at radius 1 is 1.44 bits per heavy atom. The van der Waals surface area contributed by atoms with E-state index in [9.17, 15) is 9.59 Å². The van der Waals surface area contributed by atoms with E-state index in [2.05, 4.69) is 12.2 Å². The van der Waals surface area contributed by atoms with Gasteiger partial charge in [0.05, 0.1) is 5.52 Å². The third-order valence-electron chi connectivity index (χ3n) is 3.60. The van der Waals surface area contributed by atoms with Gasteiger partial charge in [0.15, 0.2) is 0 Å². The van der Waals surface area contributed by atoms with Gasteiger partial charge in [0, 0.05) is 24.7 Å². The topological polar surface area (TPSA) is 51.1 Å². The van der Waals surface area contributed by atoms with Crippen LogP contribution in [0.2, 0.25) is 0 Å². The number of benzene rings is 1. The quantitative estimate of drug-likeness (QED) is 0.823. The van der Waals surface area contributed by atoms with E-state index in [0.717, 1.165) is 11.9 Å². The molecule has 0 fully saturated rings. The molecule has 0 aliphatic carbocycles. The minimum atomic E-state index is -0.324. The highest BCUT2D eigenvalue weighted by Crippen LogP contribution is 2.30. The zero-order valence-electron chi connectivity index (χ0n) is 10.4. The summed E-state index contributed by atoms with van der Waals surface area (Å²) in [4.78, 5) is 24.0. The Hall–Kier alpha value is -2.10. The lowest BCUT2D eigenvalue weighted by atomic mass is 10.1. The van der Waals surface area contributed by atoms with Gasteiger partial charge in [0.25, 0.3) is 5.91 Å². The Balaban J connectivity index is 2.44. The Bertz CT molecular complexity index is 716. The van der Waals surface area contributed by atoms with E-state index in [1.807, 2.05) is 16.7 Å². The number of hydrogen-bond acceptors (Lipinski definition) is 2. The fourth-order valence-corrected chi connectivity index (χ4v) is 2.71. The summed E-state index contributed by atoms with van der Waals surface area (Å²) in [5.74, 6) is -0.324. The number of pyridine rings is 1. The molecule has 1 aromatic carbocycles. The summed E-state index contributed by atoms with van der Waals surface area (Å²) in [5.41, 5.74) is 2.19. The number of para-hydroxylation sites is 1. The number of nitrogens with zero attached hydrogens (tertiary/aromatic N) is 1. The second kappa shape index (κ2) is 3.70. The molecule has 18 heavy (non-hydrogen) atoms. The average molecular weight is 242 g/mol. The second-order valence-corrected chi connectivity index (χ2v) is 4.72. The minimum Gasteiger partial charge on any atom is -0.355 e. The number of carbonyl (C=O) groups excluding carboxylic acids is 1. The van der Waals surface area contributed by atoms with E-state index in [1.54, 1.807) is 12.3 Å². The van der Waals surface area contributed by atoms with Crippen molar-refractivity contribution in [2.75, 3.05) is 7.05 Å². The van der Waals surface area contributed by atoms with Crippen molar-refractivity contribution in [1.82, 2.24) is 9.88 Å². The van der Waals surface area contributed by atoms with Crippen LogP contribution in [0.3, 0.4) is 0 Å². The molecule has 3 rings (SSSR count). The average Bonchev–Trinajstić information content (AvgIpc) is 2.70. The van der Waals surface area contributed by atoms with Gasteiger partial charge < -0.3 is 9.88 Å². The predicted molar refractivity (Wildman–Crippen MR) is 70.0 cm³/mol. The van der Waals surface area contributed by atoms with Crippen LogP contribution < -0.4 is 10.7 Å². The van der Waals surface area contributed by atoms with E-state index < -0.39 is 0 Å². The molecule has 1 amide bonds. The number of amides is 1. The van der Waals surface area contributed by atoms with Crippen LogP contribution in [0.15, 0.2) is 29.2 Å². The van der Waals surface area contributed by atoms with Crippen molar-refractivity contribution in [2.24, 2.45) is 0 Å². The summed E-state index contributed by atoms with van der Waals surface area (Å²) in [6.45, 7) is 2.09. The first-order valence-electron chi connectivity index (χ1n) is 6.02. The van der Waals surface area contributed by atoms with Gasteiger partial charge in [-0.25, -0.2) is 0 Å². The third-order valence-corrected chi connectivity index (χ3v) is 3.60. The van der Waals surface area contributed by atoms with Gasteiger partial charge in [-0.2, -0.15) is 0 Å². The Kier molecular flexibility index (Phi) is 2.26. The third kappa shape index (κ3) is 1.32. The number of aromatic nitrogens is 1. The van der Waals surface area contributed by atoms with Crippen LogP contribution in [0, 0.1) is 0 Å². The molecule has 1 N–H and O–H groups in total. The molecule has 1 aromatic heterocycles. The summed E-state index contributed by atoms with van der Waals surface area (Å²) in [7, 11) is 1.54. The van der Waals surface area contributed by atoms with E-state index in [-0.39, 0.29) is 22.9 Å². The molecule has 1 aliphatic heterocycles. The van der Waals surface area contributed by atoms with Crippen LogP contribution in [-0.2, 0) is 6.42 Å². The standard InChI is InChI=1S/C14H14N2O2/c1-8-6-9-4-3-5-10-12(9)16(8)7-11(13(10)17)14(18)15-2/h3-5,7-8H,6H2,1-2H3,(H,15,18)/t8-/m1/s1. The zero-order chi connectivity index (χ0) is 12.9. The van der Waals surface area contributed by atoms with Crippen molar-refractivity contribution in [1.29, 1.82) is 0 Å². The predicted octanol–water partition coefficient (Wildman–Crippen LogP) is 1.48. The van der Waals surface area contributed by atoms with Crippen molar-refractivity contribution < 1.29 is 4.79 Å². The van der Waals surface area contributed by atoms with E-state index in [1.165, 1.54) is 12.6 Å². The number of hydrogen-bond donors (Lipinski definition) is 1. The summed E-state index contributed by atoms with van der Waals surface area (Å²) < 4.78 is 2.04. The maximum atomic E-state index is 12.3. The Labute approximate surface area is 104 Å². The first-order chi connectivity index (χ1) is 8.63. The summed E-state index contributed by atoms with van der Waals surface area (Å²) >= 11 is 0. The molecule has 0 spiro atoms. The molecule has 0 saturated carbocycles. The first kappa shape index (κ1) is 11.0. The maximum Gasteiger partial charge on any atom is 0.256 e. The molecule has 0 bridgehead atoms. The fourth-order valence-electron chi connectivity index (χ4n) is 2.71. The number of nitrogens with one attached hydrogen (secondary N) is 1. The van der Waals surface area contributed by atoms with Gasteiger partial charge in [-0.3, -0.25) is 9.59 Å². The highest BCUT2D eigenvalue weighted by molar-refractivity contribution is 5.98. The lowest BCUT2D eigenvalue weighted by Crippen LogP contribution is -2.26. The Morgan fingerprint density at radius 3 is 2.94 bits per heavy atom. The molecule has 0 radical (unpaired) electrons. The minimum absolute atomic E-state index is 0.184. The van der Waals surface area contributed by atoms with E-state index >= 15 is 0 Å².